The molecule has 0 spiro atoms. The molecule has 1 aromatic rings. The van der Waals surface area contributed by atoms with Crippen molar-refractivity contribution in [2.75, 3.05) is 13.2 Å². The zero-order valence-electron chi connectivity index (χ0n) is 16.3. The lowest BCUT2D eigenvalue weighted by Gasteiger charge is -2.56. The summed E-state index contributed by atoms with van der Waals surface area (Å²) in [5.41, 5.74) is -0.166. The Bertz CT molecular complexity index is 910. The van der Waals surface area contributed by atoms with Gasteiger partial charge < -0.3 is 10.1 Å². The van der Waals surface area contributed by atoms with E-state index in [2.05, 4.69) is 10.0 Å². The predicted octanol–water partition coefficient (Wildman–Crippen LogP) is 2.90. The summed E-state index contributed by atoms with van der Waals surface area (Å²) in [5, 5.41) is 2.99. The number of hydrogen-bond donors (Lipinski definition) is 2. The van der Waals surface area contributed by atoms with Crippen LogP contribution in [-0.4, -0.2) is 39.0 Å². The summed E-state index contributed by atoms with van der Waals surface area (Å²) in [4.78, 5) is 24.0. The average molecular weight is 475 g/mol. The molecule has 4 bridgehead atoms. The fraction of sp³-hybridized carbons (Fsp3) is 0.600. The fourth-order valence-corrected chi connectivity index (χ4v) is 7.87. The maximum absolute atomic E-state index is 12.4. The Balaban J connectivity index is 1.26. The summed E-state index contributed by atoms with van der Waals surface area (Å²) < 4.78 is 31.8. The molecule has 0 heterocycles. The van der Waals surface area contributed by atoms with Crippen molar-refractivity contribution in [2.24, 2.45) is 17.8 Å². The van der Waals surface area contributed by atoms with Gasteiger partial charge in [-0.25, -0.2) is 8.42 Å². The quantitative estimate of drug-likeness (QED) is 0.591. The van der Waals surface area contributed by atoms with Gasteiger partial charge in [-0.2, -0.15) is 4.72 Å². The smallest absolute Gasteiger partial charge is 0.321 e. The first kappa shape index (κ1) is 21.9. The molecule has 0 aliphatic heterocycles. The molecule has 0 unspecified atom stereocenters. The Hall–Kier alpha value is -1.35. The van der Waals surface area contributed by atoms with Crippen molar-refractivity contribution in [3.63, 3.8) is 0 Å². The highest BCUT2D eigenvalue weighted by Gasteiger charge is 2.51. The van der Waals surface area contributed by atoms with Crippen LogP contribution in [0.15, 0.2) is 23.1 Å². The number of carbonyl (C=O) groups is 2. The molecule has 4 aliphatic rings. The molecule has 1 aromatic carbocycles. The second-order valence-electron chi connectivity index (χ2n) is 8.78. The molecule has 7 nitrogen and oxygen atoms in total. The predicted molar refractivity (Wildman–Crippen MR) is 112 cm³/mol. The molecule has 1 amide bonds. The van der Waals surface area contributed by atoms with Gasteiger partial charge >= 0.3 is 5.97 Å². The van der Waals surface area contributed by atoms with Crippen LogP contribution in [0, 0.1) is 17.8 Å². The molecule has 30 heavy (non-hydrogen) atoms. The normalized spacial score (nSPS) is 29.6. The first-order chi connectivity index (χ1) is 14.2. The number of halogens is 2. The monoisotopic (exact) mass is 474 g/mol. The minimum Gasteiger partial charge on any atom is -0.455 e. The van der Waals surface area contributed by atoms with E-state index in [0.717, 1.165) is 19.3 Å². The van der Waals surface area contributed by atoms with E-state index in [4.69, 9.17) is 27.9 Å². The zero-order chi connectivity index (χ0) is 21.5. The van der Waals surface area contributed by atoms with E-state index < -0.39 is 29.1 Å². The molecule has 164 valence electrons. The van der Waals surface area contributed by atoms with Crippen LogP contribution in [0.2, 0.25) is 10.0 Å². The van der Waals surface area contributed by atoms with Crippen LogP contribution in [0.3, 0.4) is 0 Å². The third kappa shape index (κ3) is 4.61. The van der Waals surface area contributed by atoms with Crippen molar-refractivity contribution < 1.29 is 22.7 Å². The second kappa shape index (κ2) is 8.30. The summed E-state index contributed by atoms with van der Waals surface area (Å²) >= 11 is 11.8. The third-order valence-corrected chi connectivity index (χ3v) is 8.76. The van der Waals surface area contributed by atoms with E-state index in [1.54, 1.807) is 0 Å². The van der Waals surface area contributed by atoms with Crippen LogP contribution in [0.25, 0.3) is 0 Å². The number of nitrogens with one attached hydrogen (secondary N) is 2. The Morgan fingerprint density at radius 2 is 1.57 bits per heavy atom. The van der Waals surface area contributed by atoms with Crippen molar-refractivity contribution in [2.45, 2.75) is 49.0 Å². The topological polar surface area (TPSA) is 102 Å². The molecule has 2 N–H and O–H groups in total. The number of ether oxygens (including phenoxy) is 1. The third-order valence-electron chi connectivity index (χ3n) is 6.40. The summed E-state index contributed by atoms with van der Waals surface area (Å²) in [6, 6.07) is 4.28. The van der Waals surface area contributed by atoms with Crippen molar-refractivity contribution in [3.05, 3.63) is 28.2 Å². The molecular formula is C20H24Cl2N2O5S. The molecule has 4 aliphatic carbocycles. The van der Waals surface area contributed by atoms with E-state index in [1.807, 2.05) is 0 Å². The van der Waals surface area contributed by atoms with Crippen LogP contribution in [0.4, 0.5) is 0 Å². The SMILES string of the molecule is O=C(COC(=O)CNS(=O)(=O)c1c(Cl)cccc1Cl)NC12CC3CC(CC(C3)C1)C2. The molecule has 0 atom stereocenters. The number of carbonyl (C=O) groups excluding carboxylic acids is 2. The molecule has 0 radical (unpaired) electrons. The number of esters is 1. The number of rotatable bonds is 7. The van der Waals surface area contributed by atoms with Crippen LogP contribution in [0.1, 0.15) is 38.5 Å². The number of sulfonamides is 1. The Morgan fingerprint density at radius 3 is 2.10 bits per heavy atom. The van der Waals surface area contributed by atoms with Crippen molar-refractivity contribution in [1.29, 1.82) is 0 Å². The minimum absolute atomic E-state index is 0.0571. The summed E-state index contributed by atoms with van der Waals surface area (Å²) in [6.45, 7) is -1.07. The van der Waals surface area contributed by atoms with Gasteiger partial charge in [0, 0.05) is 5.54 Å². The average Bonchev–Trinajstić information content (AvgIpc) is 2.63. The van der Waals surface area contributed by atoms with E-state index in [9.17, 15) is 18.0 Å². The largest absolute Gasteiger partial charge is 0.455 e. The van der Waals surface area contributed by atoms with Gasteiger partial charge in [0.1, 0.15) is 11.4 Å². The minimum atomic E-state index is -4.11. The fourth-order valence-electron chi connectivity index (χ4n) is 5.76. The summed E-state index contributed by atoms with van der Waals surface area (Å²) in [5.74, 6) is 0.852. The van der Waals surface area contributed by atoms with Gasteiger partial charge in [-0.15, -0.1) is 0 Å². The molecule has 4 saturated carbocycles. The van der Waals surface area contributed by atoms with Gasteiger partial charge in [-0.1, -0.05) is 29.3 Å². The van der Waals surface area contributed by atoms with Gasteiger partial charge in [-0.3, -0.25) is 9.59 Å². The van der Waals surface area contributed by atoms with Crippen LogP contribution >= 0.6 is 23.2 Å². The highest BCUT2D eigenvalue weighted by Crippen LogP contribution is 2.55. The maximum atomic E-state index is 12.4. The van der Waals surface area contributed by atoms with Gasteiger partial charge in [0.25, 0.3) is 5.91 Å². The number of amides is 1. The molecule has 0 saturated heterocycles. The maximum Gasteiger partial charge on any atom is 0.321 e. The van der Waals surface area contributed by atoms with E-state index in [1.165, 1.54) is 37.5 Å². The van der Waals surface area contributed by atoms with Gasteiger partial charge in [0.2, 0.25) is 10.0 Å². The molecule has 10 heteroatoms. The van der Waals surface area contributed by atoms with E-state index in [-0.39, 0.29) is 26.4 Å². The lowest BCUT2D eigenvalue weighted by atomic mass is 9.53. The van der Waals surface area contributed by atoms with Gasteiger partial charge in [-0.05, 0) is 68.4 Å². The van der Waals surface area contributed by atoms with Crippen molar-refractivity contribution in [1.82, 2.24) is 10.0 Å². The molecule has 5 rings (SSSR count). The Labute approximate surface area is 185 Å². The van der Waals surface area contributed by atoms with Gasteiger partial charge in [0.05, 0.1) is 10.0 Å². The molecular weight excluding hydrogens is 451 g/mol. The van der Waals surface area contributed by atoms with Crippen molar-refractivity contribution in [3.8, 4) is 0 Å². The zero-order valence-corrected chi connectivity index (χ0v) is 18.7. The Morgan fingerprint density at radius 1 is 1.03 bits per heavy atom. The lowest BCUT2D eigenvalue weighted by Crippen LogP contribution is -2.60. The number of benzene rings is 1. The van der Waals surface area contributed by atoms with Crippen LogP contribution in [-0.2, 0) is 24.3 Å². The summed E-state index contributed by atoms with van der Waals surface area (Å²) in [7, 11) is -4.11. The van der Waals surface area contributed by atoms with Gasteiger partial charge in [0.15, 0.2) is 6.61 Å². The second-order valence-corrected chi connectivity index (χ2v) is 11.3. The van der Waals surface area contributed by atoms with Crippen LogP contribution < -0.4 is 10.0 Å². The molecule has 0 aromatic heterocycles. The molecule has 4 fully saturated rings. The number of hydrogen-bond acceptors (Lipinski definition) is 5. The Kier molecular flexibility index (Phi) is 6.05. The standard InChI is InChI=1S/C20H24Cl2N2O5S/c21-15-2-1-3-16(22)19(15)30(27,28)23-10-18(26)29-11-17(25)24-20-7-12-4-13(8-20)6-14(5-12)9-20/h1-3,12-14,23H,4-11H2,(H,24,25). The first-order valence-corrected chi connectivity index (χ1v) is 12.3. The highest BCUT2D eigenvalue weighted by atomic mass is 35.5. The first-order valence-electron chi connectivity index (χ1n) is 10.1. The van der Waals surface area contributed by atoms with Crippen LogP contribution in [0.5, 0.6) is 0 Å². The van der Waals surface area contributed by atoms with E-state index >= 15 is 0 Å². The van der Waals surface area contributed by atoms with E-state index in [0.29, 0.717) is 17.8 Å². The highest BCUT2D eigenvalue weighted by molar-refractivity contribution is 7.89. The lowest BCUT2D eigenvalue weighted by molar-refractivity contribution is -0.149. The van der Waals surface area contributed by atoms with Crippen molar-refractivity contribution >= 4 is 45.1 Å². The summed E-state index contributed by atoms with van der Waals surface area (Å²) in [6.07, 6.45) is 6.78.